The molecule has 0 spiro atoms. The normalized spacial score (nSPS) is 11.5. The summed E-state index contributed by atoms with van der Waals surface area (Å²) in [5, 5.41) is 6.88. The number of amides is 1. The number of nitrogens with zero attached hydrogens (tertiary/aromatic N) is 2. The predicted molar refractivity (Wildman–Crippen MR) is 80.9 cm³/mol. The van der Waals surface area contributed by atoms with E-state index < -0.39 is 0 Å². The molecule has 0 saturated heterocycles. The molecule has 0 radical (unpaired) electrons. The van der Waals surface area contributed by atoms with Gasteiger partial charge in [-0.15, -0.1) is 12.4 Å². The van der Waals surface area contributed by atoms with E-state index in [1.807, 2.05) is 37.3 Å². The van der Waals surface area contributed by atoms with E-state index in [9.17, 15) is 4.79 Å². The maximum atomic E-state index is 11.9. The number of aryl methyl sites for hydroxylation is 1. The number of hydrogen-bond donors (Lipinski definition) is 2. The molecule has 1 amide bonds. The summed E-state index contributed by atoms with van der Waals surface area (Å²) in [4.78, 5) is 11.9. The van der Waals surface area contributed by atoms with Crippen LogP contribution < -0.4 is 11.1 Å². The number of carbonyl (C=O) groups is 1. The highest BCUT2D eigenvalue weighted by molar-refractivity contribution is 5.93. The molecule has 0 aliphatic rings. The Morgan fingerprint density at radius 3 is 2.70 bits per heavy atom. The fourth-order valence-corrected chi connectivity index (χ4v) is 1.78. The van der Waals surface area contributed by atoms with Crippen LogP contribution in [-0.2, 0) is 6.54 Å². The molecule has 0 aliphatic heterocycles. The lowest BCUT2D eigenvalue weighted by Crippen LogP contribution is -2.31. The highest BCUT2D eigenvalue weighted by Crippen LogP contribution is 2.08. The first kappa shape index (κ1) is 16.2. The van der Waals surface area contributed by atoms with Crippen LogP contribution in [0.2, 0.25) is 0 Å². The van der Waals surface area contributed by atoms with E-state index in [1.54, 1.807) is 17.1 Å². The standard InChI is InChI=1S/C14H18N4O.ClH/c1-2-18-10-12(8-17-18)14(19)16-9-13(15)11-6-4-3-5-7-11;/h3-8,10,13H,2,9,15H2,1H3,(H,16,19);1H. The zero-order chi connectivity index (χ0) is 13.7. The second-order valence-corrected chi connectivity index (χ2v) is 4.31. The molecule has 1 heterocycles. The van der Waals surface area contributed by atoms with Crippen molar-refractivity contribution in [1.29, 1.82) is 0 Å². The Labute approximate surface area is 124 Å². The summed E-state index contributed by atoms with van der Waals surface area (Å²) in [5.41, 5.74) is 7.58. The van der Waals surface area contributed by atoms with Gasteiger partial charge in [-0.05, 0) is 12.5 Å². The Morgan fingerprint density at radius 1 is 1.40 bits per heavy atom. The first-order chi connectivity index (χ1) is 9.20. The minimum atomic E-state index is -0.202. The quantitative estimate of drug-likeness (QED) is 0.882. The van der Waals surface area contributed by atoms with E-state index in [1.165, 1.54) is 0 Å². The molecule has 0 bridgehead atoms. The van der Waals surface area contributed by atoms with Gasteiger partial charge in [-0.1, -0.05) is 30.3 Å². The Hall–Kier alpha value is -1.85. The molecule has 0 aliphatic carbocycles. The molecule has 2 rings (SSSR count). The third kappa shape index (κ3) is 4.08. The van der Waals surface area contributed by atoms with Crippen LogP contribution in [0.5, 0.6) is 0 Å². The van der Waals surface area contributed by atoms with Gasteiger partial charge in [0.1, 0.15) is 0 Å². The number of hydrogen-bond acceptors (Lipinski definition) is 3. The van der Waals surface area contributed by atoms with E-state index in [2.05, 4.69) is 10.4 Å². The fraction of sp³-hybridized carbons (Fsp3) is 0.286. The summed E-state index contributed by atoms with van der Waals surface area (Å²) in [7, 11) is 0. The van der Waals surface area contributed by atoms with Gasteiger partial charge >= 0.3 is 0 Å². The average molecular weight is 295 g/mol. The highest BCUT2D eigenvalue weighted by Gasteiger charge is 2.10. The van der Waals surface area contributed by atoms with Crippen LogP contribution in [0.3, 0.4) is 0 Å². The molecule has 1 unspecified atom stereocenters. The maximum absolute atomic E-state index is 11.9. The zero-order valence-corrected chi connectivity index (χ0v) is 12.1. The first-order valence-corrected chi connectivity index (χ1v) is 6.32. The van der Waals surface area contributed by atoms with E-state index in [4.69, 9.17) is 5.73 Å². The van der Waals surface area contributed by atoms with Crippen molar-refractivity contribution in [1.82, 2.24) is 15.1 Å². The molecule has 1 aromatic heterocycles. The Kier molecular flexibility index (Phi) is 6.21. The predicted octanol–water partition coefficient (Wildman–Crippen LogP) is 1.75. The number of rotatable bonds is 5. The number of nitrogens with two attached hydrogens (primary N) is 1. The van der Waals surface area contributed by atoms with Gasteiger partial charge in [-0.2, -0.15) is 5.10 Å². The highest BCUT2D eigenvalue weighted by atomic mass is 35.5. The van der Waals surface area contributed by atoms with E-state index in [-0.39, 0.29) is 24.4 Å². The van der Waals surface area contributed by atoms with E-state index >= 15 is 0 Å². The molecule has 1 atom stereocenters. The number of halogens is 1. The second-order valence-electron chi connectivity index (χ2n) is 4.31. The first-order valence-electron chi connectivity index (χ1n) is 6.32. The summed E-state index contributed by atoms with van der Waals surface area (Å²) >= 11 is 0. The monoisotopic (exact) mass is 294 g/mol. The van der Waals surface area contributed by atoms with Crippen LogP contribution in [0.4, 0.5) is 0 Å². The second kappa shape index (κ2) is 7.67. The maximum Gasteiger partial charge on any atom is 0.254 e. The Morgan fingerprint density at radius 2 is 2.10 bits per heavy atom. The molecular weight excluding hydrogens is 276 g/mol. The molecular formula is C14H19ClN4O. The number of aromatic nitrogens is 2. The lowest BCUT2D eigenvalue weighted by Gasteiger charge is -2.12. The van der Waals surface area contributed by atoms with Crippen LogP contribution >= 0.6 is 12.4 Å². The number of carbonyl (C=O) groups excluding carboxylic acids is 1. The molecule has 2 aromatic rings. The van der Waals surface area contributed by atoms with Crippen molar-refractivity contribution in [2.45, 2.75) is 19.5 Å². The van der Waals surface area contributed by atoms with Gasteiger partial charge in [0.25, 0.3) is 5.91 Å². The van der Waals surface area contributed by atoms with Gasteiger partial charge in [0.2, 0.25) is 0 Å². The van der Waals surface area contributed by atoms with Crippen molar-refractivity contribution < 1.29 is 4.79 Å². The summed E-state index contributed by atoms with van der Waals surface area (Å²) in [5.74, 6) is -0.147. The van der Waals surface area contributed by atoms with Crippen molar-refractivity contribution in [3.8, 4) is 0 Å². The molecule has 3 N–H and O–H groups in total. The van der Waals surface area contributed by atoms with Crippen molar-refractivity contribution in [3.05, 3.63) is 53.9 Å². The van der Waals surface area contributed by atoms with Crippen molar-refractivity contribution in [3.63, 3.8) is 0 Å². The minimum absolute atomic E-state index is 0. The van der Waals surface area contributed by atoms with Crippen molar-refractivity contribution in [2.24, 2.45) is 5.73 Å². The molecule has 5 nitrogen and oxygen atoms in total. The summed E-state index contributed by atoms with van der Waals surface area (Å²) in [6, 6.07) is 9.50. The molecule has 0 saturated carbocycles. The Balaban J connectivity index is 0.00000200. The minimum Gasteiger partial charge on any atom is -0.350 e. The summed E-state index contributed by atoms with van der Waals surface area (Å²) in [6.07, 6.45) is 3.29. The lowest BCUT2D eigenvalue weighted by molar-refractivity contribution is 0.0951. The van der Waals surface area contributed by atoms with Gasteiger partial charge < -0.3 is 11.1 Å². The van der Waals surface area contributed by atoms with Crippen molar-refractivity contribution >= 4 is 18.3 Å². The van der Waals surface area contributed by atoms with Crippen LogP contribution in [0.15, 0.2) is 42.7 Å². The zero-order valence-electron chi connectivity index (χ0n) is 11.3. The van der Waals surface area contributed by atoms with Crippen LogP contribution in [-0.4, -0.2) is 22.2 Å². The van der Waals surface area contributed by atoms with Crippen molar-refractivity contribution in [2.75, 3.05) is 6.54 Å². The molecule has 20 heavy (non-hydrogen) atoms. The van der Waals surface area contributed by atoms with Crippen LogP contribution in [0, 0.1) is 0 Å². The molecule has 108 valence electrons. The molecule has 0 fully saturated rings. The van der Waals surface area contributed by atoms with Crippen LogP contribution in [0.1, 0.15) is 28.9 Å². The third-order valence-corrected chi connectivity index (χ3v) is 2.93. The number of nitrogens with one attached hydrogen (secondary N) is 1. The van der Waals surface area contributed by atoms with Gasteiger partial charge in [0.05, 0.1) is 11.8 Å². The van der Waals surface area contributed by atoms with Gasteiger partial charge in [0.15, 0.2) is 0 Å². The van der Waals surface area contributed by atoms with Gasteiger partial charge in [-0.25, -0.2) is 0 Å². The summed E-state index contributed by atoms with van der Waals surface area (Å²) in [6.45, 7) is 3.12. The largest absolute Gasteiger partial charge is 0.350 e. The van der Waals surface area contributed by atoms with E-state index in [0.29, 0.717) is 12.1 Å². The molecule has 1 aromatic carbocycles. The Bertz CT molecular complexity index is 541. The fourth-order valence-electron chi connectivity index (χ4n) is 1.78. The smallest absolute Gasteiger partial charge is 0.254 e. The number of benzene rings is 1. The summed E-state index contributed by atoms with van der Waals surface area (Å²) < 4.78 is 1.71. The van der Waals surface area contributed by atoms with Gasteiger partial charge in [-0.3, -0.25) is 9.48 Å². The van der Waals surface area contributed by atoms with Crippen LogP contribution in [0.25, 0.3) is 0 Å². The third-order valence-electron chi connectivity index (χ3n) is 2.93. The topological polar surface area (TPSA) is 72.9 Å². The SMILES string of the molecule is CCn1cc(C(=O)NCC(N)c2ccccc2)cn1.Cl. The van der Waals surface area contributed by atoms with Gasteiger partial charge in [0, 0.05) is 25.3 Å². The van der Waals surface area contributed by atoms with E-state index in [0.717, 1.165) is 12.1 Å². The molecule has 6 heteroatoms. The lowest BCUT2D eigenvalue weighted by atomic mass is 10.1. The average Bonchev–Trinajstić information content (AvgIpc) is 2.94.